The maximum atomic E-state index is 11.2. The van der Waals surface area contributed by atoms with Crippen LogP contribution in [0.25, 0.3) is 0 Å². The van der Waals surface area contributed by atoms with Crippen LogP contribution in [0.3, 0.4) is 0 Å². The van der Waals surface area contributed by atoms with Crippen molar-refractivity contribution in [2.75, 3.05) is 7.11 Å². The van der Waals surface area contributed by atoms with Crippen molar-refractivity contribution >= 4 is 5.97 Å². The smallest absolute Gasteiger partial charge is 0.345 e. The number of hydrogen-bond donors (Lipinski definition) is 0. The van der Waals surface area contributed by atoms with Gasteiger partial charge >= 0.3 is 5.97 Å². The Morgan fingerprint density at radius 3 is 2.92 bits per heavy atom. The molecule has 0 amide bonds. The molecule has 0 unspecified atom stereocenters. The summed E-state index contributed by atoms with van der Waals surface area (Å²) in [6.45, 7) is 0. The van der Waals surface area contributed by atoms with E-state index in [0.29, 0.717) is 0 Å². The number of nitrogens with zero attached hydrogens (tertiary/aromatic N) is 2. The summed E-state index contributed by atoms with van der Waals surface area (Å²) >= 11 is 0. The molecule has 0 saturated carbocycles. The molecule has 12 heavy (non-hydrogen) atoms. The topological polar surface area (TPSA) is 61.2 Å². The second-order valence-corrected chi connectivity index (χ2v) is 2.21. The van der Waals surface area contributed by atoms with Crippen LogP contribution in [0.1, 0.15) is 10.4 Å². The number of methoxy groups -OCH3 is 1. The molecule has 0 saturated heterocycles. The van der Waals surface area contributed by atoms with E-state index in [9.17, 15) is 9.59 Å². The summed E-state index contributed by atoms with van der Waals surface area (Å²) in [6, 6.07) is 0. The number of aromatic nitrogens is 2. The Labute approximate surface area is 68.6 Å². The maximum Gasteiger partial charge on any atom is 0.345 e. The summed E-state index contributed by atoms with van der Waals surface area (Å²) in [7, 11) is 2.73. The van der Waals surface area contributed by atoms with E-state index >= 15 is 0 Å². The molecule has 0 atom stereocenters. The zero-order chi connectivity index (χ0) is 9.14. The molecule has 1 rings (SSSR count). The van der Waals surface area contributed by atoms with Crippen molar-refractivity contribution in [1.29, 1.82) is 0 Å². The lowest BCUT2D eigenvalue weighted by atomic mass is 10.3. The van der Waals surface area contributed by atoms with E-state index in [0.717, 1.165) is 0 Å². The van der Waals surface area contributed by atoms with Crippen molar-refractivity contribution in [2.24, 2.45) is 7.05 Å². The summed E-state index contributed by atoms with van der Waals surface area (Å²) in [5, 5.41) is 0. The Balaban J connectivity index is 3.26. The molecule has 64 valence electrons. The van der Waals surface area contributed by atoms with Crippen LogP contribution in [0.15, 0.2) is 17.3 Å². The highest BCUT2D eigenvalue weighted by atomic mass is 16.5. The van der Waals surface area contributed by atoms with Crippen LogP contribution in [0, 0.1) is 0 Å². The Morgan fingerprint density at radius 1 is 1.67 bits per heavy atom. The molecule has 0 fully saturated rings. The minimum absolute atomic E-state index is 0.0532. The number of ether oxygens (including phenoxy) is 1. The molecular weight excluding hydrogens is 160 g/mol. The molecule has 1 heterocycles. The summed E-state index contributed by atoms with van der Waals surface area (Å²) < 4.78 is 5.59. The predicted octanol–water partition coefficient (Wildman–Crippen LogP) is -0.433. The molecule has 0 bridgehead atoms. The van der Waals surface area contributed by atoms with Gasteiger partial charge in [-0.15, -0.1) is 0 Å². The van der Waals surface area contributed by atoms with Gasteiger partial charge in [0.1, 0.15) is 5.56 Å². The van der Waals surface area contributed by atoms with Crippen LogP contribution in [-0.2, 0) is 11.8 Å². The van der Waals surface area contributed by atoms with Crippen molar-refractivity contribution in [3.63, 3.8) is 0 Å². The molecule has 0 aliphatic rings. The largest absolute Gasteiger partial charge is 0.465 e. The van der Waals surface area contributed by atoms with Gasteiger partial charge in [-0.3, -0.25) is 4.79 Å². The van der Waals surface area contributed by atoms with Gasteiger partial charge in [0.15, 0.2) is 0 Å². The number of rotatable bonds is 1. The lowest BCUT2D eigenvalue weighted by molar-refractivity contribution is 0.0597. The fourth-order valence-electron chi connectivity index (χ4n) is 0.755. The predicted molar refractivity (Wildman–Crippen MR) is 40.8 cm³/mol. The number of aryl methyl sites for hydroxylation is 1. The highest BCUT2D eigenvalue weighted by Crippen LogP contribution is 1.89. The Kier molecular flexibility index (Phi) is 2.23. The summed E-state index contributed by atoms with van der Waals surface area (Å²) in [6.07, 6.45) is 2.52. The fourth-order valence-corrected chi connectivity index (χ4v) is 0.755. The van der Waals surface area contributed by atoms with Crippen molar-refractivity contribution < 1.29 is 9.53 Å². The number of carbonyl (C=O) groups is 1. The molecule has 0 spiro atoms. The first-order chi connectivity index (χ1) is 5.66. The van der Waals surface area contributed by atoms with Gasteiger partial charge in [0.25, 0.3) is 5.56 Å². The average molecular weight is 168 g/mol. The second kappa shape index (κ2) is 3.17. The minimum Gasteiger partial charge on any atom is -0.465 e. The summed E-state index contributed by atoms with van der Waals surface area (Å²) in [5.41, 5.74) is -0.459. The van der Waals surface area contributed by atoms with Gasteiger partial charge < -0.3 is 9.30 Å². The summed E-state index contributed by atoms with van der Waals surface area (Å²) in [4.78, 5) is 25.8. The molecule has 0 aliphatic heterocycles. The molecule has 0 aromatic carbocycles. The van der Waals surface area contributed by atoms with Crippen LogP contribution in [0.2, 0.25) is 0 Å². The van der Waals surface area contributed by atoms with Crippen LogP contribution in [0.5, 0.6) is 0 Å². The maximum absolute atomic E-state index is 11.2. The van der Waals surface area contributed by atoms with E-state index in [1.807, 2.05) is 0 Å². The molecule has 1 aromatic heterocycles. The third kappa shape index (κ3) is 1.34. The van der Waals surface area contributed by atoms with Crippen molar-refractivity contribution in [3.05, 3.63) is 28.4 Å². The van der Waals surface area contributed by atoms with Crippen LogP contribution >= 0.6 is 0 Å². The standard InChI is InChI=1S/C7H8N2O3/c1-9-4-8-3-5(6(9)10)7(11)12-2/h3-4H,1-2H3. The average Bonchev–Trinajstić information content (AvgIpc) is 2.08. The zero-order valence-electron chi connectivity index (χ0n) is 6.77. The molecule has 1 aromatic rings. The zero-order valence-corrected chi connectivity index (χ0v) is 6.77. The minimum atomic E-state index is -0.663. The molecular formula is C7H8N2O3. The van der Waals surface area contributed by atoms with E-state index in [-0.39, 0.29) is 5.56 Å². The van der Waals surface area contributed by atoms with E-state index in [1.54, 1.807) is 0 Å². The van der Waals surface area contributed by atoms with Crippen LogP contribution in [0.4, 0.5) is 0 Å². The quantitative estimate of drug-likeness (QED) is 0.534. The van der Waals surface area contributed by atoms with Crippen molar-refractivity contribution in [2.45, 2.75) is 0 Å². The Bertz CT molecular complexity index is 356. The first-order valence-electron chi connectivity index (χ1n) is 3.25. The second-order valence-electron chi connectivity index (χ2n) is 2.21. The van der Waals surface area contributed by atoms with Crippen molar-refractivity contribution in [1.82, 2.24) is 9.55 Å². The summed E-state index contributed by atoms with van der Waals surface area (Å²) in [5.74, 6) is -0.663. The van der Waals surface area contributed by atoms with Crippen LogP contribution < -0.4 is 5.56 Å². The first kappa shape index (κ1) is 8.45. The number of hydrogen-bond acceptors (Lipinski definition) is 4. The first-order valence-corrected chi connectivity index (χ1v) is 3.25. The third-order valence-corrected chi connectivity index (χ3v) is 1.40. The van der Waals surface area contributed by atoms with Crippen LogP contribution in [-0.4, -0.2) is 22.6 Å². The van der Waals surface area contributed by atoms with E-state index in [4.69, 9.17) is 0 Å². The van der Waals surface area contributed by atoms with Crippen molar-refractivity contribution in [3.8, 4) is 0 Å². The third-order valence-electron chi connectivity index (χ3n) is 1.40. The van der Waals surface area contributed by atoms with Gasteiger partial charge in [-0.25, -0.2) is 9.78 Å². The molecule has 0 N–H and O–H groups in total. The molecule has 0 aliphatic carbocycles. The van der Waals surface area contributed by atoms with Gasteiger partial charge in [0.05, 0.1) is 13.4 Å². The van der Waals surface area contributed by atoms with E-state index in [1.165, 1.54) is 31.2 Å². The van der Waals surface area contributed by atoms with Gasteiger partial charge in [-0.1, -0.05) is 0 Å². The lowest BCUT2D eigenvalue weighted by Crippen LogP contribution is -2.24. The SMILES string of the molecule is COC(=O)c1cncn(C)c1=O. The monoisotopic (exact) mass is 168 g/mol. The van der Waals surface area contributed by atoms with E-state index < -0.39 is 11.5 Å². The van der Waals surface area contributed by atoms with Gasteiger partial charge in [0, 0.05) is 13.2 Å². The van der Waals surface area contributed by atoms with Gasteiger partial charge in [0.2, 0.25) is 0 Å². The number of carbonyl (C=O) groups excluding carboxylic acids is 1. The number of esters is 1. The normalized spacial score (nSPS) is 9.50. The van der Waals surface area contributed by atoms with E-state index in [2.05, 4.69) is 9.72 Å². The van der Waals surface area contributed by atoms with Gasteiger partial charge in [-0.05, 0) is 0 Å². The molecule has 5 heteroatoms. The Morgan fingerprint density at radius 2 is 2.33 bits per heavy atom. The molecule has 5 nitrogen and oxygen atoms in total. The highest BCUT2D eigenvalue weighted by molar-refractivity contribution is 5.88. The fraction of sp³-hybridized carbons (Fsp3) is 0.286. The molecule has 0 radical (unpaired) electrons. The Hall–Kier alpha value is -1.65. The van der Waals surface area contributed by atoms with Gasteiger partial charge in [-0.2, -0.15) is 0 Å². The lowest BCUT2D eigenvalue weighted by Gasteiger charge is -1.99. The highest BCUT2D eigenvalue weighted by Gasteiger charge is 2.10.